The van der Waals surface area contributed by atoms with Crippen molar-refractivity contribution in [2.75, 3.05) is 12.4 Å². The first-order valence-electron chi connectivity index (χ1n) is 9.37. The average Bonchev–Trinajstić information content (AvgIpc) is 2.71. The normalized spacial score (nSPS) is 10.7. The van der Waals surface area contributed by atoms with Crippen molar-refractivity contribution < 1.29 is 24.5 Å². The topological polar surface area (TPSA) is 120 Å². The number of hydrogen-bond acceptors (Lipinski definition) is 6. The molecule has 0 heterocycles. The molecule has 4 N–H and O–H groups in total. The van der Waals surface area contributed by atoms with Gasteiger partial charge in [-0.2, -0.15) is 5.10 Å². The van der Waals surface area contributed by atoms with Crippen LogP contribution in [0.5, 0.6) is 17.2 Å². The average molecular weight is 478 g/mol. The Morgan fingerprint density at radius 3 is 2.50 bits per heavy atom. The number of phenols is 2. The Hall–Kier alpha value is -3.07. The molecule has 0 radical (unpaired) electrons. The summed E-state index contributed by atoms with van der Waals surface area (Å²) in [6.07, 6.45) is 3.85. The lowest BCUT2D eigenvalue weighted by Gasteiger charge is -2.07. The standard InChI is InChI=1S/C21H24BrN3O5/c1-30-18-12-15(22)11-14(21(18)29)13-23-25-20(28)10-4-2-3-9-19(27)24-16-7-5-6-8-17(16)26/h5-8,11-13,26,29H,2-4,9-10H2,1H3,(H,24,27)(H,25,28)/b23-13+. The Morgan fingerprint density at radius 2 is 1.80 bits per heavy atom. The fourth-order valence-electron chi connectivity index (χ4n) is 2.62. The lowest BCUT2D eigenvalue weighted by molar-refractivity contribution is -0.121. The van der Waals surface area contributed by atoms with Gasteiger partial charge in [-0.25, -0.2) is 5.43 Å². The number of carbonyl (C=O) groups is 2. The Kier molecular flexibility index (Phi) is 9.14. The maximum Gasteiger partial charge on any atom is 0.240 e. The zero-order chi connectivity index (χ0) is 21.9. The summed E-state index contributed by atoms with van der Waals surface area (Å²) in [6.45, 7) is 0. The van der Waals surface area contributed by atoms with E-state index in [1.807, 2.05) is 0 Å². The number of rotatable bonds is 10. The summed E-state index contributed by atoms with van der Waals surface area (Å²) in [4.78, 5) is 23.7. The van der Waals surface area contributed by atoms with E-state index in [0.29, 0.717) is 47.2 Å². The Bertz CT molecular complexity index is 918. The number of ether oxygens (including phenoxy) is 1. The van der Waals surface area contributed by atoms with Gasteiger partial charge in [0.1, 0.15) is 5.75 Å². The number of benzene rings is 2. The van der Waals surface area contributed by atoms with Crippen molar-refractivity contribution in [1.29, 1.82) is 0 Å². The van der Waals surface area contributed by atoms with Crippen LogP contribution in [0, 0.1) is 0 Å². The number of para-hydroxylation sites is 2. The molecule has 0 fully saturated rings. The van der Waals surface area contributed by atoms with Crippen molar-refractivity contribution in [3.63, 3.8) is 0 Å². The minimum atomic E-state index is -0.258. The highest BCUT2D eigenvalue weighted by atomic mass is 79.9. The van der Waals surface area contributed by atoms with Crippen LogP contribution in [-0.4, -0.2) is 35.4 Å². The van der Waals surface area contributed by atoms with E-state index < -0.39 is 0 Å². The van der Waals surface area contributed by atoms with E-state index in [1.165, 1.54) is 19.4 Å². The van der Waals surface area contributed by atoms with Crippen molar-refractivity contribution in [3.05, 3.63) is 46.4 Å². The third kappa shape index (κ3) is 7.40. The van der Waals surface area contributed by atoms with Gasteiger partial charge in [-0.05, 0) is 37.1 Å². The minimum absolute atomic E-state index is 0.0256. The zero-order valence-corrected chi connectivity index (χ0v) is 18.1. The Balaban J connectivity index is 1.66. The van der Waals surface area contributed by atoms with Crippen LogP contribution >= 0.6 is 15.9 Å². The van der Waals surface area contributed by atoms with Gasteiger partial charge in [0.2, 0.25) is 11.8 Å². The molecular formula is C21H24BrN3O5. The van der Waals surface area contributed by atoms with Crippen LogP contribution in [0.2, 0.25) is 0 Å². The minimum Gasteiger partial charge on any atom is -0.506 e. The van der Waals surface area contributed by atoms with Gasteiger partial charge in [-0.15, -0.1) is 0 Å². The number of hydrogen-bond donors (Lipinski definition) is 4. The largest absolute Gasteiger partial charge is 0.506 e. The quantitative estimate of drug-likeness (QED) is 0.179. The van der Waals surface area contributed by atoms with Crippen LogP contribution in [0.4, 0.5) is 5.69 Å². The van der Waals surface area contributed by atoms with Crippen LogP contribution in [0.3, 0.4) is 0 Å². The highest BCUT2D eigenvalue weighted by molar-refractivity contribution is 9.10. The summed E-state index contributed by atoms with van der Waals surface area (Å²) >= 11 is 3.31. The smallest absolute Gasteiger partial charge is 0.240 e. The molecule has 0 unspecified atom stereocenters. The molecule has 0 aliphatic rings. The van der Waals surface area contributed by atoms with Crippen LogP contribution in [0.1, 0.15) is 37.7 Å². The van der Waals surface area contributed by atoms with Gasteiger partial charge in [0.25, 0.3) is 0 Å². The van der Waals surface area contributed by atoms with E-state index in [1.54, 1.807) is 30.3 Å². The lowest BCUT2D eigenvalue weighted by atomic mass is 10.1. The van der Waals surface area contributed by atoms with Crippen LogP contribution in [0.15, 0.2) is 46.0 Å². The number of anilines is 1. The molecule has 160 valence electrons. The number of unbranched alkanes of at least 4 members (excludes halogenated alkanes) is 2. The number of methoxy groups -OCH3 is 1. The molecule has 8 nitrogen and oxygen atoms in total. The van der Waals surface area contributed by atoms with Gasteiger partial charge >= 0.3 is 0 Å². The third-order valence-corrected chi connectivity index (χ3v) is 4.63. The van der Waals surface area contributed by atoms with Crippen molar-refractivity contribution in [1.82, 2.24) is 5.43 Å². The maximum atomic E-state index is 11.9. The molecule has 2 aromatic carbocycles. The SMILES string of the molecule is COc1cc(Br)cc(/C=N/NC(=O)CCCCCC(=O)Nc2ccccc2O)c1O. The predicted octanol–water partition coefficient (Wildman–Crippen LogP) is 3.91. The van der Waals surface area contributed by atoms with E-state index in [0.717, 1.165) is 0 Å². The van der Waals surface area contributed by atoms with Crippen molar-refractivity contribution in [2.45, 2.75) is 32.1 Å². The molecule has 0 saturated heterocycles. The molecular weight excluding hydrogens is 454 g/mol. The molecule has 2 rings (SSSR count). The highest BCUT2D eigenvalue weighted by Gasteiger charge is 2.09. The Morgan fingerprint density at radius 1 is 1.10 bits per heavy atom. The summed E-state index contributed by atoms with van der Waals surface area (Å²) in [5.74, 6) is -0.191. The second-order valence-corrected chi connectivity index (χ2v) is 7.38. The second-order valence-electron chi connectivity index (χ2n) is 6.47. The van der Waals surface area contributed by atoms with Gasteiger partial charge in [-0.1, -0.05) is 34.5 Å². The highest BCUT2D eigenvalue weighted by Crippen LogP contribution is 2.32. The number of nitrogens with one attached hydrogen (secondary N) is 2. The molecule has 0 aliphatic carbocycles. The summed E-state index contributed by atoms with van der Waals surface area (Å²) in [5, 5.41) is 26.2. The van der Waals surface area contributed by atoms with Crippen molar-refractivity contribution in [2.24, 2.45) is 5.10 Å². The zero-order valence-electron chi connectivity index (χ0n) is 16.5. The molecule has 0 spiro atoms. The predicted molar refractivity (Wildman–Crippen MR) is 118 cm³/mol. The molecule has 0 bridgehead atoms. The number of halogens is 1. The first-order valence-corrected chi connectivity index (χ1v) is 10.2. The van der Waals surface area contributed by atoms with Crippen LogP contribution in [-0.2, 0) is 9.59 Å². The first kappa shape index (κ1) is 23.2. The molecule has 0 atom stereocenters. The first-order chi connectivity index (χ1) is 14.4. The molecule has 0 aromatic heterocycles. The number of aromatic hydroxyl groups is 2. The number of amides is 2. The van der Waals surface area contributed by atoms with Crippen molar-refractivity contribution in [3.8, 4) is 17.2 Å². The van der Waals surface area contributed by atoms with Crippen LogP contribution in [0.25, 0.3) is 0 Å². The van der Waals surface area contributed by atoms with Gasteiger partial charge in [0.15, 0.2) is 11.5 Å². The fourth-order valence-corrected chi connectivity index (χ4v) is 3.07. The fraction of sp³-hybridized carbons (Fsp3) is 0.286. The third-order valence-electron chi connectivity index (χ3n) is 4.17. The second kappa shape index (κ2) is 11.8. The number of hydrazone groups is 1. The monoisotopic (exact) mass is 477 g/mol. The maximum absolute atomic E-state index is 11.9. The molecule has 30 heavy (non-hydrogen) atoms. The number of carbonyl (C=O) groups excluding carboxylic acids is 2. The summed E-state index contributed by atoms with van der Waals surface area (Å²) in [7, 11) is 1.44. The van der Waals surface area contributed by atoms with Gasteiger partial charge in [0.05, 0.1) is 19.0 Å². The lowest BCUT2D eigenvalue weighted by Crippen LogP contribution is -2.17. The van der Waals surface area contributed by atoms with Gasteiger partial charge < -0.3 is 20.3 Å². The summed E-state index contributed by atoms with van der Waals surface area (Å²) < 4.78 is 5.76. The van der Waals surface area contributed by atoms with E-state index in [2.05, 4.69) is 31.8 Å². The molecule has 9 heteroatoms. The summed E-state index contributed by atoms with van der Waals surface area (Å²) in [6, 6.07) is 9.80. The van der Waals surface area contributed by atoms with Gasteiger partial charge in [-0.3, -0.25) is 9.59 Å². The molecule has 2 aromatic rings. The Labute approximate surface area is 183 Å². The number of nitrogens with zero attached hydrogens (tertiary/aromatic N) is 1. The van der Waals surface area contributed by atoms with E-state index >= 15 is 0 Å². The van der Waals surface area contributed by atoms with E-state index in [9.17, 15) is 19.8 Å². The van der Waals surface area contributed by atoms with E-state index in [4.69, 9.17) is 4.74 Å². The van der Waals surface area contributed by atoms with E-state index in [-0.39, 0.29) is 29.7 Å². The van der Waals surface area contributed by atoms with Crippen LogP contribution < -0.4 is 15.5 Å². The van der Waals surface area contributed by atoms with Gasteiger partial charge in [0, 0.05) is 22.9 Å². The molecule has 2 amide bonds. The van der Waals surface area contributed by atoms with Crippen molar-refractivity contribution >= 4 is 39.6 Å². The number of phenolic OH excluding ortho intramolecular Hbond substituents is 2. The molecule has 0 aliphatic heterocycles. The molecule has 0 saturated carbocycles. The summed E-state index contributed by atoms with van der Waals surface area (Å²) in [5.41, 5.74) is 3.19.